The lowest BCUT2D eigenvalue weighted by Gasteiger charge is -2.03. The molecule has 0 saturated carbocycles. The quantitative estimate of drug-likeness (QED) is 0.671. The standard InChI is InChI=1S/C9H10F2OSi/c1-2-12-7-3-5-8(6-4-7)13-9(10)11/h3-6,9H,2H2,1H3. The smallest absolute Gasteiger partial charge is 0.222 e. The maximum absolute atomic E-state index is 12.0. The second-order valence-electron chi connectivity index (χ2n) is 2.40. The summed E-state index contributed by atoms with van der Waals surface area (Å²) in [6, 6.07) is 4.53. The Morgan fingerprint density at radius 1 is 1.31 bits per heavy atom. The van der Waals surface area contributed by atoms with E-state index in [2.05, 4.69) is 0 Å². The van der Waals surface area contributed by atoms with Crippen LogP contribution in [0.25, 0.3) is 0 Å². The van der Waals surface area contributed by atoms with Crippen molar-refractivity contribution >= 4 is 14.7 Å². The Hall–Kier alpha value is -0.903. The van der Waals surface area contributed by atoms with Gasteiger partial charge in [-0.2, -0.15) is 0 Å². The van der Waals surface area contributed by atoms with E-state index in [1.165, 1.54) is 0 Å². The minimum atomic E-state index is -2.25. The lowest BCUT2D eigenvalue weighted by atomic mass is 10.3. The van der Waals surface area contributed by atoms with Gasteiger partial charge < -0.3 is 4.74 Å². The van der Waals surface area contributed by atoms with Crippen molar-refractivity contribution in [3.63, 3.8) is 0 Å². The molecule has 0 aliphatic heterocycles. The van der Waals surface area contributed by atoms with Crippen LogP contribution in [0.3, 0.4) is 0 Å². The first-order chi connectivity index (χ1) is 6.22. The van der Waals surface area contributed by atoms with Gasteiger partial charge in [0.2, 0.25) is 6.05 Å². The summed E-state index contributed by atoms with van der Waals surface area (Å²) in [5.41, 5.74) is 0. The molecule has 0 unspecified atom stereocenters. The molecule has 0 saturated heterocycles. The van der Waals surface area contributed by atoms with Crippen molar-refractivity contribution in [3.8, 4) is 5.75 Å². The van der Waals surface area contributed by atoms with Gasteiger partial charge in [0.1, 0.15) is 5.75 Å². The highest BCUT2D eigenvalue weighted by Gasteiger charge is 2.06. The normalized spacial score (nSPS) is 10.5. The molecular formula is C9H10F2OSi. The molecule has 13 heavy (non-hydrogen) atoms. The van der Waals surface area contributed by atoms with Crippen molar-refractivity contribution in [2.24, 2.45) is 0 Å². The lowest BCUT2D eigenvalue weighted by Crippen LogP contribution is -2.20. The van der Waals surface area contributed by atoms with Crippen LogP contribution in [0.1, 0.15) is 6.92 Å². The van der Waals surface area contributed by atoms with Crippen LogP contribution in [0.2, 0.25) is 0 Å². The molecular weight excluding hydrogens is 190 g/mol. The van der Waals surface area contributed by atoms with E-state index in [1.807, 2.05) is 6.92 Å². The van der Waals surface area contributed by atoms with Crippen molar-refractivity contribution in [2.75, 3.05) is 6.61 Å². The van der Waals surface area contributed by atoms with Gasteiger partial charge in [-0.1, -0.05) is 17.3 Å². The van der Waals surface area contributed by atoms with E-state index < -0.39 is 15.6 Å². The van der Waals surface area contributed by atoms with Gasteiger partial charge in [0.05, 0.1) is 6.61 Å². The molecule has 0 N–H and O–H groups in total. The average Bonchev–Trinajstić information content (AvgIpc) is 2.08. The van der Waals surface area contributed by atoms with Gasteiger partial charge >= 0.3 is 0 Å². The van der Waals surface area contributed by atoms with Crippen molar-refractivity contribution in [1.29, 1.82) is 0 Å². The van der Waals surface area contributed by atoms with Gasteiger partial charge in [0.15, 0.2) is 9.52 Å². The van der Waals surface area contributed by atoms with Gasteiger partial charge in [-0.3, -0.25) is 0 Å². The van der Waals surface area contributed by atoms with Crippen molar-refractivity contribution in [2.45, 2.75) is 13.0 Å². The number of hydrogen-bond acceptors (Lipinski definition) is 1. The van der Waals surface area contributed by atoms with Crippen LogP contribution >= 0.6 is 0 Å². The second-order valence-corrected chi connectivity index (χ2v) is 3.70. The Morgan fingerprint density at radius 3 is 2.38 bits per heavy atom. The summed E-state index contributed by atoms with van der Waals surface area (Å²) in [6.45, 7) is 2.48. The molecule has 0 bridgehead atoms. The molecule has 0 amide bonds. The van der Waals surface area contributed by atoms with Gasteiger partial charge in [0.25, 0.3) is 0 Å². The van der Waals surface area contributed by atoms with Crippen LogP contribution in [0, 0.1) is 0 Å². The van der Waals surface area contributed by atoms with Crippen LogP contribution in [0.4, 0.5) is 8.78 Å². The largest absolute Gasteiger partial charge is 0.494 e. The first-order valence-electron chi connectivity index (χ1n) is 4.00. The van der Waals surface area contributed by atoms with Crippen molar-refractivity contribution < 1.29 is 13.5 Å². The van der Waals surface area contributed by atoms with Crippen molar-refractivity contribution in [1.82, 2.24) is 0 Å². The third-order valence-electron chi connectivity index (χ3n) is 1.44. The van der Waals surface area contributed by atoms with Crippen LogP contribution in [-0.4, -0.2) is 22.2 Å². The fourth-order valence-electron chi connectivity index (χ4n) is 0.940. The van der Waals surface area contributed by atoms with Crippen molar-refractivity contribution in [3.05, 3.63) is 24.3 Å². The number of benzene rings is 1. The van der Waals surface area contributed by atoms with E-state index >= 15 is 0 Å². The minimum absolute atomic E-state index is 0.430. The summed E-state index contributed by atoms with van der Waals surface area (Å²) in [6.07, 6.45) is 0. The summed E-state index contributed by atoms with van der Waals surface area (Å²) in [4.78, 5) is 0. The van der Waals surface area contributed by atoms with Gasteiger partial charge in [0, 0.05) is 0 Å². The highest BCUT2D eigenvalue weighted by Crippen LogP contribution is 2.06. The third-order valence-corrected chi connectivity index (χ3v) is 2.33. The van der Waals surface area contributed by atoms with Gasteiger partial charge in [-0.15, -0.1) is 0 Å². The first kappa shape index (κ1) is 10.2. The first-order valence-corrected chi connectivity index (χ1v) is 5.07. The molecule has 2 radical (unpaired) electrons. The predicted octanol–water partition coefficient (Wildman–Crippen LogP) is 1.64. The summed E-state index contributed by atoms with van der Waals surface area (Å²) in [7, 11) is -0.430. The van der Waals surface area contributed by atoms with Crippen LogP contribution in [-0.2, 0) is 0 Å². The molecule has 0 aromatic heterocycles. The number of halogens is 2. The highest BCUT2D eigenvalue weighted by molar-refractivity contribution is 6.54. The predicted molar refractivity (Wildman–Crippen MR) is 49.0 cm³/mol. The Balaban J connectivity index is 2.59. The summed E-state index contributed by atoms with van der Waals surface area (Å²) in [5, 5.41) is 0.665. The van der Waals surface area contributed by atoms with Crippen LogP contribution < -0.4 is 9.92 Å². The van der Waals surface area contributed by atoms with E-state index in [-0.39, 0.29) is 0 Å². The van der Waals surface area contributed by atoms with E-state index in [9.17, 15) is 8.78 Å². The fraction of sp³-hybridized carbons (Fsp3) is 0.333. The lowest BCUT2D eigenvalue weighted by molar-refractivity contribution is 0.240. The van der Waals surface area contributed by atoms with Crippen LogP contribution in [0.15, 0.2) is 24.3 Å². The monoisotopic (exact) mass is 200 g/mol. The maximum atomic E-state index is 12.0. The molecule has 0 aliphatic rings. The molecule has 70 valence electrons. The topological polar surface area (TPSA) is 9.23 Å². The van der Waals surface area contributed by atoms with E-state index in [0.29, 0.717) is 11.8 Å². The Bertz CT molecular complexity index is 248. The molecule has 0 fully saturated rings. The van der Waals surface area contributed by atoms with Gasteiger partial charge in [-0.25, -0.2) is 8.78 Å². The number of ether oxygens (including phenoxy) is 1. The fourth-order valence-corrected chi connectivity index (χ4v) is 1.55. The number of rotatable bonds is 4. The third kappa shape index (κ3) is 3.54. The second kappa shape index (κ2) is 4.96. The minimum Gasteiger partial charge on any atom is -0.494 e. The molecule has 1 nitrogen and oxygen atoms in total. The highest BCUT2D eigenvalue weighted by atomic mass is 28.2. The number of hydrogen-bond donors (Lipinski definition) is 0. The molecule has 0 heterocycles. The zero-order chi connectivity index (χ0) is 9.68. The van der Waals surface area contributed by atoms with E-state index in [0.717, 1.165) is 5.75 Å². The zero-order valence-electron chi connectivity index (χ0n) is 7.26. The summed E-state index contributed by atoms with van der Waals surface area (Å²) < 4.78 is 29.1. The molecule has 1 aromatic rings. The number of alkyl halides is 2. The Labute approximate surface area is 78.5 Å². The molecule has 0 atom stereocenters. The molecule has 0 spiro atoms. The Morgan fingerprint density at radius 2 is 1.92 bits per heavy atom. The molecule has 4 heteroatoms. The van der Waals surface area contributed by atoms with Gasteiger partial charge in [-0.05, 0) is 19.1 Å². The summed E-state index contributed by atoms with van der Waals surface area (Å²) >= 11 is 0. The average molecular weight is 200 g/mol. The van der Waals surface area contributed by atoms with Crippen LogP contribution in [0.5, 0.6) is 5.75 Å². The van der Waals surface area contributed by atoms with E-state index in [1.54, 1.807) is 24.3 Å². The zero-order valence-corrected chi connectivity index (χ0v) is 8.26. The molecule has 1 rings (SSSR count). The van der Waals surface area contributed by atoms with E-state index in [4.69, 9.17) is 4.74 Å². The maximum Gasteiger partial charge on any atom is 0.222 e. The molecule has 0 aliphatic carbocycles. The Kier molecular flexibility index (Phi) is 3.89. The summed E-state index contributed by atoms with van der Waals surface area (Å²) in [5.74, 6) is 0.727. The molecule has 1 aromatic carbocycles. The SMILES string of the molecule is CCOc1ccc([Si]C(F)F)cc1.